The Bertz CT molecular complexity index is 336. The van der Waals surface area contributed by atoms with Crippen molar-refractivity contribution in [1.29, 1.82) is 0 Å². The summed E-state index contributed by atoms with van der Waals surface area (Å²) < 4.78 is 14.4. The van der Waals surface area contributed by atoms with E-state index in [0.29, 0.717) is 0 Å². The first-order valence-electron chi connectivity index (χ1n) is 3.32. The predicted octanol–water partition coefficient (Wildman–Crippen LogP) is 0.396. The van der Waals surface area contributed by atoms with Crippen LogP contribution in [-0.4, -0.2) is 19.9 Å². The third-order valence-electron chi connectivity index (χ3n) is 1.24. The summed E-state index contributed by atoms with van der Waals surface area (Å²) in [6.07, 6.45) is 1.39. The standard InChI is InChI=1S/C6H8NO5P/c8-6-2-1-3-7-5(6)4-12-13(9,10)11/h1-3,8H,4H2,(H2,9,10,11). The summed E-state index contributed by atoms with van der Waals surface area (Å²) in [4.78, 5) is 20.4. The molecular weight excluding hydrogens is 197 g/mol. The molecule has 7 heteroatoms. The summed E-state index contributed by atoms with van der Waals surface area (Å²) in [6, 6.07) is 2.85. The zero-order valence-corrected chi connectivity index (χ0v) is 7.39. The van der Waals surface area contributed by atoms with E-state index in [9.17, 15) is 4.57 Å². The molecular formula is C6H8NO5P. The van der Waals surface area contributed by atoms with Crippen LogP contribution in [0.4, 0.5) is 0 Å². The lowest BCUT2D eigenvalue weighted by Gasteiger charge is -2.05. The Balaban J connectivity index is 2.65. The van der Waals surface area contributed by atoms with Gasteiger partial charge in [-0.15, -0.1) is 0 Å². The normalized spacial score (nSPS) is 11.5. The van der Waals surface area contributed by atoms with Gasteiger partial charge in [0.05, 0.1) is 0 Å². The maximum absolute atomic E-state index is 10.3. The van der Waals surface area contributed by atoms with Crippen LogP contribution in [0, 0.1) is 0 Å². The molecule has 0 aliphatic carbocycles. The lowest BCUT2D eigenvalue weighted by Crippen LogP contribution is -1.93. The SMILES string of the molecule is O=P(O)(O)OCc1ncccc1O. The average Bonchev–Trinajstić information content (AvgIpc) is 2.01. The number of aromatic nitrogens is 1. The van der Waals surface area contributed by atoms with Crippen molar-refractivity contribution in [2.24, 2.45) is 0 Å². The minimum absolute atomic E-state index is 0.0887. The Morgan fingerprint density at radius 1 is 1.54 bits per heavy atom. The van der Waals surface area contributed by atoms with Crippen LogP contribution < -0.4 is 0 Å². The highest BCUT2D eigenvalue weighted by atomic mass is 31.2. The van der Waals surface area contributed by atoms with Crippen molar-refractivity contribution < 1.29 is 24.0 Å². The van der Waals surface area contributed by atoms with E-state index in [1.807, 2.05) is 0 Å². The second-order valence-corrected chi connectivity index (χ2v) is 3.47. The van der Waals surface area contributed by atoms with E-state index in [2.05, 4.69) is 9.51 Å². The van der Waals surface area contributed by atoms with Crippen LogP contribution in [0.5, 0.6) is 5.75 Å². The molecule has 13 heavy (non-hydrogen) atoms. The molecule has 0 aromatic carbocycles. The van der Waals surface area contributed by atoms with Crippen LogP contribution in [0.25, 0.3) is 0 Å². The highest BCUT2D eigenvalue weighted by molar-refractivity contribution is 7.46. The van der Waals surface area contributed by atoms with Gasteiger partial charge in [-0.2, -0.15) is 0 Å². The molecule has 0 fully saturated rings. The van der Waals surface area contributed by atoms with Crippen LogP contribution in [0.3, 0.4) is 0 Å². The zero-order chi connectivity index (χ0) is 9.90. The number of hydrogen-bond donors (Lipinski definition) is 3. The van der Waals surface area contributed by atoms with Crippen LogP contribution >= 0.6 is 7.82 Å². The summed E-state index contributed by atoms with van der Waals surface area (Å²) in [5.41, 5.74) is 0.0887. The largest absolute Gasteiger partial charge is 0.506 e. The molecule has 0 radical (unpaired) electrons. The fraction of sp³-hybridized carbons (Fsp3) is 0.167. The number of hydrogen-bond acceptors (Lipinski definition) is 4. The van der Waals surface area contributed by atoms with Crippen molar-refractivity contribution >= 4 is 7.82 Å². The van der Waals surface area contributed by atoms with Gasteiger partial charge < -0.3 is 14.9 Å². The third-order valence-corrected chi connectivity index (χ3v) is 1.70. The molecule has 0 spiro atoms. The molecule has 72 valence electrons. The maximum Gasteiger partial charge on any atom is 0.469 e. The number of pyridine rings is 1. The van der Waals surface area contributed by atoms with Gasteiger partial charge in [-0.05, 0) is 12.1 Å². The number of nitrogens with zero attached hydrogens (tertiary/aromatic N) is 1. The highest BCUT2D eigenvalue weighted by Crippen LogP contribution is 2.37. The molecule has 0 unspecified atom stereocenters. The van der Waals surface area contributed by atoms with Gasteiger partial charge in [-0.3, -0.25) is 9.51 Å². The highest BCUT2D eigenvalue weighted by Gasteiger charge is 2.15. The van der Waals surface area contributed by atoms with Crippen LogP contribution in [0.2, 0.25) is 0 Å². The molecule has 0 atom stereocenters. The third kappa shape index (κ3) is 3.52. The molecule has 0 bridgehead atoms. The molecule has 1 aromatic rings. The van der Waals surface area contributed by atoms with Crippen LogP contribution in [0.1, 0.15) is 5.69 Å². The summed E-state index contributed by atoms with van der Waals surface area (Å²) in [5.74, 6) is -0.157. The van der Waals surface area contributed by atoms with Gasteiger partial charge in [0.25, 0.3) is 0 Å². The quantitative estimate of drug-likeness (QED) is 0.617. The molecule has 0 saturated heterocycles. The second-order valence-electron chi connectivity index (χ2n) is 2.23. The molecule has 1 aromatic heterocycles. The smallest absolute Gasteiger partial charge is 0.469 e. The fourth-order valence-corrected chi connectivity index (χ4v) is 0.976. The minimum Gasteiger partial charge on any atom is -0.506 e. The maximum atomic E-state index is 10.3. The topological polar surface area (TPSA) is 99.9 Å². The number of phosphoric acid groups is 1. The van der Waals surface area contributed by atoms with Crippen molar-refractivity contribution in [1.82, 2.24) is 4.98 Å². The number of rotatable bonds is 3. The van der Waals surface area contributed by atoms with E-state index in [1.165, 1.54) is 18.3 Å². The van der Waals surface area contributed by atoms with Crippen LogP contribution in [0.15, 0.2) is 18.3 Å². The Labute approximate surface area is 74.1 Å². The Hall–Kier alpha value is -0.940. The van der Waals surface area contributed by atoms with Gasteiger partial charge in [-0.1, -0.05) is 0 Å². The first kappa shape index (κ1) is 10.1. The van der Waals surface area contributed by atoms with Crippen molar-refractivity contribution in [2.45, 2.75) is 6.61 Å². The van der Waals surface area contributed by atoms with Crippen LogP contribution in [-0.2, 0) is 15.7 Å². The average molecular weight is 205 g/mol. The van der Waals surface area contributed by atoms with E-state index in [-0.39, 0.29) is 11.4 Å². The molecule has 6 nitrogen and oxygen atoms in total. The van der Waals surface area contributed by atoms with Crippen molar-refractivity contribution in [3.8, 4) is 5.75 Å². The number of phosphoric ester groups is 1. The molecule has 0 aliphatic rings. The molecule has 1 heterocycles. The summed E-state index contributed by atoms with van der Waals surface area (Å²) in [6.45, 7) is -0.420. The summed E-state index contributed by atoms with van der Waals surface area (Å²) in [7, 11) is -4.50. The monoisotopic (exact) mass is 205 g/mol. The second kappa shape index (κ2) is 3.85. The Morgan fingerprint density at radius 3 is 2.77 bits per heavy atom. The van der Waals surface area contributed by atoms with E-state index in [0.717, 1.165) is 0 Å². The first-order chi connectivity index (χ1) is 5.99. The lowest BCUT2D eigenvalue weighted by atomic mass is 10.3. The minimum atomic E-state index is -4.50. The van der Waals surface area contributed by atoms with E-state index in [4.69, 9.17) is 14.9 Å². The first-order valence-corrected chi connectivity index (χ1v) is 4.85. The van der Waals surface area contributed by atoms with Gasteiger partial charge >= 0.3 is 7.82 Å². The Kier molecular flexibility index (Phi) is 3.00. The fourth-order valence-electron chi connectivity index (χ4n) is 0.686. The summed E-state index contributed by atoms with van der Waals surface area (Å²) in [5, 5.41) is 9.11. The van der Waals surface area contributed by atoms with Gasteiger partial charge in [0.15, 0.2) is 0 Å². The molecule has 0 aliphatic heterocycles. The summed E-state index contributed by atoms with van der Waals surface area (Å²) >= 11 is 0. The molecule has 1 rings (SSSR count). The van der Waals surface area contributed by atoms with Gasteiger partial charge in [0.1, 0.15) is 18.1 Å². The Morgan fingerprint density at radius 2 is 2.23 bits per heavy atom. The van der Waals surface area contributed by atoms with Gasteiger partial charge in [0, 0.05) is 6.20 Å². The van der Waals surface area contributed by atoms with Crippen molar-refractivity contribution in [3.05, 3.63) is 24.0 Å². The van der Waals surface area contributed by atoms with Crippen molar-refractivity contribution in [3.63, 3.8) is 0 Å². The molecule has 0 saturated carbocycles. The lowest BCUT2D eigenvalue weighted by molar-refractivity contribution is 0.185. The van der Waals surface area contributed by atoms with E-state index in [1.54, 1.807) is 0 Å². The number of aromatic hydroxyl groups is 1. The molecule has 0 amide bonds. The zero-order valence-electron chi connectivity index (χ0n) is 6.49. The molecule has 3 N–H and O–H groups in total. The van der Waals surface area contributed by atoms with E-state index < -0.39 is 14.4 Å². The van der Waals surface area contributed by atoms with E-state index >= 15 is 0 Å². The van der Waals surface area contributed by atoms with Gasteiger partial charge in [0.2, 0.25) is 0 Å². The predicted molar refractivity (Wildman–Crippen MR) is 42.7 cm³/mol. The van der Waals surface area contributed by atoms with Gasteiger partial charge in [-0.25, -0.2) is 4.57 Å². The van der Waals surface area contributed by atoms with Crippen molar-refractivity contribution in [2.75, 3.05) is 0 Å².